The number of carbonyl (C=O) groups excluding carboxylic acids is 1. The van der Waals surface area contributed by atoms with E-state index in [9.17, 15) is 13.6 Å². The Morgan fingerprint density at radius 2 is 1.76 bits per heavy atom. The van der Waals surface area contributed by atoms with Crippen LogP contribution >= 0.6 is 0 Å². The van der Waals surface area contributed by atoms with Crippen molar-refractivity contribution in [2.75, 3.05) is 5.32 Å². The molecule has 1 amide bonds. The SMILES string of the molecule is O=C(Nc1cc(-c2nnc3n2CCCCC3)ccc1F)c1cnn(-c2ccccc2F)c1-n1cccc1. The minimum Gasteiger partial charge on any atom is -0.319 e. The third-order valence-electron chi connectivity index (χ3n) is 6.50. The van der Waals surface area contributed by atoms with Gasteiger partial charge in [-0.05, 0) is 55.3 Å². The lowest BCUT2D eigenvalue weighted by Crippen LogP contribution is -2.16. The molecule has 0 saturated carbocycles. The predicted molar refractivity (Wildman–Crippen MR) is 134 cm³/mol. The lowest BCUT2D eigenvalue weighted by atomic mass is 10.1. The Kier molecular flexibility index (Phi) is 5.84. The van der Waals surface area contributed by atoms with Crippen molar-refractivity contribution < 1.29 is 13.6 Å². The Morgan fingerprint density at radius 3 is 2.59 bits per heavy atom. The van der Waals surface area contributed by atoms with E-state index >= 15 is 0 Å². The zero-order chi connectivity index (χ0) is 25.4. The highest BCUT2D eigenvalue weighted by Gasteiger charge is 2.23. The van der Waals surface area contributed by atoms with Gasteiger partial charge in [-0.1, -0.05) is 18.6 Å². The average Bonchev–Trinajstić information content (AvgIpc) is 3.63. The number of nitrogens with one attached hydrogen (secondary N) is 1. The molecule has 2 aromatic carbocycles. The Labute approximate surface area is 211 Å². The van der Waals surface area contributed by atoms with E-state index in [0.29, 0.717) is 17.2 Å². The summed E-state index contributed by atoms with van der Waals surface area (Å²) in [6, 6.07) is 14.2. The lowest BCUT2D eigenvalue weighted by molar-refractivity contribution is 0.102. The van der Waals surface area contributed by atoms with Crippen LogP contribution in [0.4, 0.5) is 14.5 Å². The van der Waals surface area contributed by atoms with Gasteiger partial charge in [0.15, 0.2) is 11.6 Å². The van der Waals surface area contributed by atoms with Gasteiger partial charge in [0.1, 0.15) is 28.7 Å². The minimum absolute atomic E-state index is 0.00516. The number of amides is 1. The van der Waals surface area contributed by atoms with Crippen LogP contribution in [0, 0.1) is 11.6 Å². The van der Waals surface area contributed by atoms with Gasteiger partial charge in [0, 0.05) is 30.9 Å². The Balaban J connectivity index is 1.37. The third-order valence-corrected chi connectivity index (χ3v) is 6.50. The molecule has 0 bridgehead atoms. The lowest BCUT2D eigenvalue weighted by Gasteiger charge is -2.13. The summed E-state index contributed by atoms with van der Waals surface area (Å²) in [6.07, 6.45) is 8.86. The Morgan fingerprint density at radius 1 is 0.919 bits per heavy atom. The Hall–Kier alpha value is -4.60. The Bertz CT molecular complexity index is 1590. The number of fused-ring (bicyclic) bond motifs is 1. The maximum absolute atomic E-state index is 14.9. The van der Waals surface area contributed by atoms with Crippen LogP contribution in [0.2, 0.25) is 0 Å². The summed E-state index contributed by atoms with van der Waals surface area (Å²) >= 11 is 0. The second-order valence-corrected chi connectivity index (χ2v) is 8.89. The van der Waals surface area contributed by atoms with Gasteiger partial charge in [0.2, 0.25) is 0 Å². The summed E-state index contributed by atoms with van der Waals surface area (Å²) in [5, 5.41) is 15.6. The van der Waals surface area contributed by atoms with Gasteiger partial charge in [-0.25, -0.2) is 13.5 Å². The van der Waals surface area contributed by atoms with Crippen LogP contribution in [0.25, 0.3) is 22.9 Å². The van der Waals surface area contributed by atoms with E-state index in [1.54, 1.807) is 59.4 Å². The highest BCUT2D eigenvalue weighted by Crippen LogP contribution is 2.28. The van der Waals surface area contributed by atoms with E-state index in [1.165, 1.54) is 23.0 Å². The highest BCUT2D eigenvalue weighted by molar-refractivity contribution is 6.06. The van der Waals surface area contributed by atoms with Crippen molar-refractivity contribution in [2.45, 2.75) is 32.2 Å². The van der Waals surface area contributed by atoms with Crippen molar-refractivity contribution in [2.24, 2.45) is 0 Å². The standard InChI is InChI=1S/C27H23F2N7O/c28-20-12-11-18(25-33-32-24-10-2-1-5-15-35(24)25)16-22(20)31-26(37)19-17-30-36(23-9-4-3-8-21(23)29)27(19)34-13-6-7-14-34/h3-4,6-9,11-14,16-17H,1-2,5,10,15H2,(H,31,37). The van der Waals surface area contributed by atoms with Crippen molar-refractivity contribution in [1.82, 2.24) is 29.1 Å². The number of aryl methyl sites for hydroxylation is 1. The molecule has 6 rings (SSSR count). The molecule has 0 atom stereocenters. The molecule has 8 nitrogen and oxygen atoms in total. The summed E-state index contributed by atoms with van der Waals surface area (Å²) in [5.41, 5.74) is 1.00. The number of aromatic nitrogens is 6. The normalized spacial score (nSPS) is 13.2. The minimum atomic E-state index is -0.586. The first-order valence-electron chi connectivity index (χ1n) is 12.1. The second-order valence-electron chi connectivity index (χ2n) is 8.89. The summed E-state index contributed by atoms with van der Waals surface area (Å²) < 4.78 is 34.5. The van der Waals surface area contributed by atoms with Gasteiger partial charge in [0.25, 0.3) is 5.91 Å². The van der Waals surface area contributed by atoms with Crippen molar-refractivity contribution in [1.29, 1.82) is 0 Å². The van der Waals surface area contributed by atoms with Crippen LogP contribution in [0.3, 0.4) is 0 Å². The molecule has 0 aliphatic carbocycles. The highest BCUT2D eigenvalue weighted by atomic mass is 19.1. The molecule has 1 aliphatic heterocycles. The number of benzene rings is 2. The molecule has 0 unspecified atom stereocenters. The van der Waals surface area contributed by atoms with Gasteiger partial charge >= 0.3 is 0 Å². The molecule has 10 heteroatoms. The number of hydrogen-bond donors (Lipinski definition) is 1. The largest absolute Gasteiger partial charge is 0.319 e. The van der Waals surface area contributed by atoms with Gasteiger partial charge in [-0.15, -0.1) is 10.2 Å². The van der Waals surface area contributed by atoms with E-state index in [1.807, 2.05) is 0 Å². The average molecular weight is 500 g/mol. The molecule has 1 N–H and O–H groups in total. The second kappa shape index (κ2) is 9.45. The van der Waals surface area contributed by atoms with Crippen molar-refractivity contribution in [3.8, 4) is 22.9 Å². The molecule has 0 fully saturated rings. The van der Waals surface area contributed by atoms with Crippen molar-refractivity contribution in [3.05, 3.63) is 96.2 Å². The van der Waals surface area contributed by atoms with Crippen LogP contribution in [0.1, 0.15) is 35.4 Å². The van der Waals surface area contributed by atoms with Crippen molar-refractivity contribution in [3.63, 3.8) is 0 Å². The maximum atomic E-state index is 14.9. The summed E-state index contributed by atoms with van der Waals surface area (Å²) in [7, 11) is 0. The monoisotopic (exact) mass is 499 g/mol. The topological polar surface area (TPSA) is 82.6 Å². The van der Waals surface area contributed by atoms with E-state index in [4.69, 9.17) is 0 Å². The maximum Gasteiger partial charge on any atom is 0.261 e. The summed E-state index contributed by atoms with van der Waals surface area (Å²) in [6.45, 7) is 0.798. The first kappa shape index (κ1) is 22.8. The van der Waals surface area contributed by atoms with Crippen LogP contribution in [0.5, 0.6) is 0 Å². The predicted octanol–water partition coefficient (Wildman–Crippen LogP) is 5.18. The molecule has 186 valence electrons. The van der Waals surface area contributed by atoms with E-state index < -0.39 is 17.5 Å². The number of para-hydroxylation sites is 1. The molecule has 1 aliphatic rings. The zero-order valence-electron chi connectivity index (χ0n) is 19.8. The smallest absolute Gasteiger partial charge is 0.261 e. The number of carbonyl (C=O) groups is 1. The van der Waals surface area contributed by atoms with Crippen LogP contribution in [-0.2, 0) is 13.0 Å². The van der Waals surface area contributed by atoms with Gasteiger partial charge in [-0.2, -0.15) is 5.10 Å². The van der Waals surface area contributed by atoms with E-state index in [2.05, 4.69) is 25.2 Å². The summed E-state index contributed by atoms with van der Waals surface area (Å²) in [4.78, 5) is 13.4. The zero-order valence-corrected chi connectivity index (χ0v) is 19.8. The molecule has 5 aromatic rings. The molecular formula is C27H23F2N7O. The molecule has 0 spiro atoms. The number of halogens is 2. The van der Waals surface area contributed by atoms with Crippen LogP contribution in [-0.4, -0.2) is 35.0 Å². The third kappa shape index (κ3) is 4.20. The van der Waals surface area contributed by atoms with Gasteiger partial charge in [0.05, 0.1) is 11.9 Å². The molecule has 0 saturated heterocycles. The van der Waals surface area contributed by atoms with Gasteiger partial charge < -0.3 is 14.5 Å². The summed E-state index contributed by atoms with van der Waals surface area (Å²) in [5.74, 6) is 0.232. The fourth-order valence-corrected chi connectivity index (χ4v) is 4.67. The molecule has 37 heavy (non-hydrogen) atoms. The molecule has 3 aromatic heterocycles. The van der Waals surface area contributed by atoms with Crippen LogP contribution < -0.4 is 5.32 Å². The van der Waals surface area contributed by atoms with E-state index in [0.717, 1.165) is 38.1 Å². The first-order chi connectivity index (χ1) is 18.1. The van der Waals surface area contributed by atoms with Crippen LogP contribution in [0.15, 0.2) is 73.2 Å². The fraction of sp³-hybridized carbons (Fsp3) is 0.185. The quantitative estimate of drug-likeness (QED) is 0.361. The molecule has 0 radical (unpaired) electrons. The number of hydrogen-bond acceptors (Lipinski definition) is 4. The number of rotatable bonds is 5. The molecular weight excluding hydrogens is 476 g/mol. The first-order valence-corrected chi connectivity index (χ1v) is 12.1. The molecule has 4 heterocycles. The fourth-order valence-electron chi connectivity index (χ4n) is 4.67. The van der Waals surface area contributed by atoms with E-state index in [-0.39, 0.29) is 16.9 Å². The number of anilines is 1. The number of nitrogens with zero attached hydrogens (tertiary/aromatic N) is 6. The van der Waals surface area contributed by atoms with Gasteiger partial charge in [-0.3, -0.25) is 4.79 Å². The van der Waals surface area contributed by atoms with Crippen molar-refractivity contribution >= 4 is 11.6 Å².